The summed E-state index contributed by atoms with van der Waals surface area (Å²) in [5, 5.41) is 0. The van der Waals surface area contributed by atoms with E-state index in [1.807, 2.05) is 0 Å². The lowest BCUT2D eigenvalue weighted by molar-refractivity contribution is -0.161. The number of methoxy groups -OCH3 is 6. The van der Waals surface area contributed by atoms with Crippen LogP contribution in [0.2, 0.25) is 0 Å². The monoisotopic (exact) mass is 1300 g/mol. The second-order valence-electron chi connectivity index (χ2n) is 22.9. The zero-order chi connectivity index (χ0) is 105. The predicted molar refractivity (Wildman–Crippen MR) is 353 cm³/mol. The van der Waals surface area contributed by atoms with Crippen LogP contribution in [0.25, 0.3) is 0 Å². The first-order chi connectivity index (χ1) is 60.1. The van der Waals surface area contributed by atoms with Crippen molar-refractivity contribution in [3.05, 3.63) is 69.6 Å². The van der Waals surface area contributed by atoms with Crippen LogP contribution < -0.4 is 45.6 Å². The average molecular weight is 1300 g/mol. The Morgan fingerprint density at radius 1 is 0.511 bits per heavy atom. The van der Waals surface area contributed by atoms with Crippen LogP contribution in [0.4, 0.5) is 0 Å². The Kier molecular flexibility index (Phi) is 11.6. The fourth-order valence-corrected chi connectivity index (χ4v) is 10.2. The normalized spacial score (nSPS) is 41.2. The van der Waals surface area contributed by atoms with E-state index in [1.54, 1.807) is 41.5 Å². The highest BCUT2D eigenvalue weighted by Crippen LogP contribution is 2.48. The third-order valence-electron chi connectivity index (χ3n) is 15.3. The lowest BCUT2D eigenvalue weighted by Gasteiger charge is -2.47. The Bertz CT molecular complexity index is 4950. The molecule has 90 heavy (non-hydrogen) atoms. The molecule has 3 aromatic rings. The molecule has 6 aliphatic rings. The van der Waals surface area contributed by atoms with Gasteiger partial charge >= 0.3 is 17.9 Å². The first-order valence-electron chi connectivity index (χ1n) is 51.4. The smallest absolute Gasteiger partial charge is 0.323 e. The largest absolute Gasteiger partial charge is 0.493 e. The standard InChI is InChI=1S/3C24H38N2O4/c3*1-14(2)9-17-13-26-8-7-16-10-21(28-5)22(29-6)11-18(16)19(26)12-20(17)30-24(27)23(25)15(3)4/h3*10-11,14-15,17,19-20,23H,7-9,12-13,25H2,1-6H3/t3*17?,19?,20?,23-/m000/s1/i1D3,5D3,7D2,8D2,9D2,10D,11D,14D,20D;1D3,5D3,7D2,8D2,9D2,10D,11D,14D,19D;1D3,7D2,8D2,9D2,10D,11D,14D,19D/t3*14?,17?,19?,20?,23-. The summed E-state index contributed by atoms with van der Waals surface area (Å²) < 4.78 is 430. The fraction of sp³-hybridized carbons (Fsp3) is 0.708. The van der Waals surface area contributed by atoms with E-state index in [0.29, 0.717) is 9.80 Å². The van der Waals surface area contributed by atoms with Gasteiger partial charge in [0.1, 0.15) is 36.4 Å². The molecule has 0 spiro atoms. The number of esters is 3. The zero-order valence-electron chi connectivity index (χ0n) is 97.6. The molecule has 0 bridgehead atoms. The number of nitrogens with zero attached hydrogens (tertiary/aromatic N) is 3. The summed E-state index contributed by atoms with van der Waals surface area (Å²) in [5.41, 5.74) is 13.9. The number of fused-ring (bicyclic) bond motifs is 9. The Morgan fingerprint density at radius 3 is 1.22 bits per heavy atom. The molecule has 0 saturated carbocycles. The molecule has 0 aliphatic carbocycles. The van der Waals surface area contributed by atoms with Gasteiger partial charge < -0.3 is 59.8 Å². The molecule has 3 saturated heterocycles. The lowest BCUT2D eigenvalue weighted by Crippen LogP contribution is -2.51. The van der Waals surface area contributed by atoms with E-state index in [2.05, 4.69) is 0 Å². The second kappa shape index (κ2) is 32.5. The minimum absolute atomic E-state index is 0.329. The molecule has 18 heteroatoms. The summed E-state index contributed by atoms with van der Waals surface area (Å²) in [6, 6.07) is -15.3. The van der Waals surface area contributed by atoms with Crippen molar-refractivity contribution >= 4 is 17.9 Å². The number of ether oxygens (including phenoxy) is 9. The average Bonchev–Trinajstić information content (AvgIpc) is 0.674. The topological polar surface area (TPSA) is 222 Å². The Balaban J connectivity index is 0.000000276. The predicted octanol–water partition coefficient (Wildman–Crippen LogP) is 10.7. The van der Waals surface area contributed by atoms with Crippen molar-refractivity contribution in [3.8, 4) is 34.5 Å². The molecule has 15 atom stereocenters. The van der Waals surface area contributed by atoms with Crippen molar-refractivity contribution in [2.24, 2.45) is 70.4 Å². The van der Waals surface area contributed by atoms with E-state index in [4.69, 9.17) is 117 Å². The van der Waals surface area contributed by atoms with Crippen LogP contribution >= 0.6 is 0 Å². The van der Waals surface area contributed by atoms with Crippen LogP contribution in [0.3, 0.4) is 0 Å². The molecule has 0 amide bonds. The number of rotatable bonds is 21. The number of hydrogen-bond acceptors (Lipinski definition) is 18. The van der Waals surface area contributed by atoms with E-state index in [-0.39, 0.29) is 11.5 Å². The van der Waals surface area contributed by atoms with Gasteiger partial charge in [-0.1, -0.05) is 82.9 Å². The number of carbonyl (C=O) groups is 3. The van der Waals surface area contributed by atoms with Gasteiger partial charge in [0.05, 0.1) is 63.1 Å². The van der Waals surface area contributed by atoms with Crippen LogP contribution in [0.1, 0.15) is 234 Å². The maximum Gasteiger partial charge on any atom is 0.323 e. The van der Waals surface area contributed by atoms with E-state index in [0.717, 1.165) is 47.0 Å². The molecule has 0 radical (unpaired) electrons. The fourth-order valence-electron chi connectivity index (χ4n) is 10.2. The third-order valence-corrected chi connectivity index (χ3v) is 15.3. The Morgan fingerprint density at radius 2 is 0.844 bits per heavy atom. The van der Waals surface area contributed by atoms with E-state index >= 15 is 0 Å². The van der Waals surface area contributed by atoms with Crippen LogP contribution in [-0.4, -0.2) is 151 Å². The minimum Gasteiger partial charge on any atom is -0.493 e. The molecule has 18 nitrogen and oxygen atoms in total. The van der Waals surface area contributed by atoms with Crippen LogP contribution in [0.5, 0.6) is 34.5 Å². The molecule has 9 rings (SSSR count). The quantitative estimate of drug-likeness (QED) is 0.0666. The third kappa shape index (κ3) is 17.5. The number of hydrogen-bond donors (Lipinski definition) is 3. The number of nitrogens with two attached hydrogens (primary N) is 3. The van der Waals surface area contributed by atoms with Gasteiger partial charge in [-0.15, -0.1) is 0 Å². The molecule has 6 aliphatic heterocycles. The van der Waals surface area contributed by atoms with Crippen LogP contribution in [-0.2, 0) is 47.7 Å². The van der Waals surface area contributed by atoms with Gasteiger partial charge in [-0.2, -0.15) is 0 Å². The van der Waals surface area contributed by atoms with Crippen LogP contribution in [0.15, 0.2) is 36.3 Å². The summed E-state index contributed by atoms with van der Waals surface area (Å²) >= 11 is 0. The van der Waals surface area contributed by atoms with Crippen molar-refractivity contribution in [1.29, 1.82) is 0 Å². The highest BCUT2D eigenvalue weighted by atomic mass is 16.6. The highest BCUT2D eigenvalue weighted by molar-refractivity contribution is 5.77. The van der Waals surface area contributed by atoms with Crippen molar-refractivity contribution in [1.82, 2.24) is 14.7 Å². The van der Waals surface area contributed by atoms with E-state index < -0.39 is 349 Å². The SMILES string of the molecule is [2H]c1c(OC)c(OC([2H])([2H])[2H])c([2H])c2c1C1([2H])CC(OC(=O)[C@@H](N)C(C)C)C(C([2H])([2H])C([2H])(C)C([2H])([2H])[2H])CN1C([2H])([2H])C2([2H])[2H].[2H]c1c(OC)c(OC([2H])([2H])[2H])c([2H])c2c1C1CC([2H])(OC(=O)[C@@H](N)C(C)C)C(C([2H])([2H])C([2H])(C)C([2H])([2H])[2H])CN1C([2H])([2H])C2([2H])[2H].[2H]c1c(OC)c(OC)c([2H])c2c1C1([2H])CC(OC(=O)[C@@H](N)C(C)C)C(C([2H])([2H])C([2H])(C)C([2H])([2H])[2H])CN1C([2H])([2H])C2([2H])[2H]. The van der Waals surface area contributed by atoms with Crippen molar-refractivity contribution < 1.29 is 119 Å². The number of benzene rings is 3. The first kappa shape index (κ1) is 32.2. The summed E-state index contributed by atoms with van der Waals surface area (Å²) in [6.07, 6.45) is -27.8. The summed E-state index contributed by atoms with van der Waals surface area (Å²) in [4.78, 5) is 41.3. The molecule has 12 unspecified atom stereocenters. The van der Waals surface area contributed by atoms with Crippen LogP contribution in [0, 0.1) is 53.2 Å². The van der Waals surface area contributed by atoms with Gasteiger partial charge in [0.25, 0.3) is 0 Å². The molecular weight excluding hydrogens is 1140 g/mol. The summed E-state index contributed by atoms with van der Waals surface area (Å²) in [7, 11) is -2.05. The van der Waals surface area contributed by atoms with Gasteiger partial charge in [-0.05, 0) is 143 Å². The molecule has 6 N–H and O–H groups in total. The maximum atomic E-state index is 13.2. The number of carbonyl (C=O) groups excluding carboxylic acids is 3. The Hall–Kier alpha value is -5.37. The molecule has 504 valence electrons. The molecule has 6 heterocycles. The molecular formula is C72H114N6O12. The minimum atomic E-state index is -3.31. The van der Waals surface area contributed by atoms with Gasteiger partial charge in [-0.3, -0.25) is 29.1 Å². The zero-order valence-corrected chi connectivity index (χ0v) is 52.6. The lowest BCUT2D eigenvalue weighted by atomic mass is 9.79. The molecule has 3 aromatic carbocycles. The van der Waals surface area contributed by atoms with Crippen molar-refractivity contribution in [2.45, 2.75) is 195 Å². The highest BCUT2D eigenvalue weighted by Gasteiger charge is 2.45. The first-order valence-corrected chi connectivity index (χ1v) is 28.9. The van der Waals surface area contributed by atoms with E-state index in [1.165, 1.54) is 7.11 Å². The van der Waals surface area contributed by atoms with Crippen molar-refractivity contribution in [3.63, 3.8) is 0 Å². The van der Waals surface area contributed by atoms with E-state index in [9.17, 15) is 18.5 Å². The second-order valence-corrected chi connectivity index (χ2v) is 22.9. The van der Waals surface area contributed by atoms with Crippen molar-refractivity contribution in [2.75, 3.05) is 81.6 Å². The van der Waals surface area contributed by atoms with Gasteiger partial charge in [0, 0.05) is 135 Å². The molecule has 0 aromatic heterocycles. The molecule has 3 fully saturated rings. The summed E-state index contributed by atoms with van der Waals surface area (Å²) in [5.74, 6) is -22.9. The summed E-state index contributed by atoms with van der Waals surface area (Å²) in [6.45, 7) is -10.3. The van der Waals surface area contributed by atoms with Gasteiger partial charge in [-0.25, -0.2) is 0 Å². The van der Waals surface area contributed by atoms with Gasteiger partial charge in [0.15, 0.2) is 34.5 Å². The Labute approximate surface area is 602 Å². The maximum absolute atomic E-state index is 13.2. The number of piperidine rings is 3. The van der Waals surface area contributed by atoms with Gasteiger partial charge in [0.2, 0.25) is 0 Å².